The Hall–Kier alpha value is -0.950. The first kappa shape index (κ1) is 16.9. The first-order valence-corrected chi connectivity index (χ1v) is 9.24. The molecule has 2 unspecified atom stereocenters. The number of hydrogen-bond acceptors (Lipinski definition) is 4. The minimum atomic E-state index is -0.124. The Labute approximate surface area is 146 Å². The van der Waals surface area contributed by atoms with Gasteiger partial charge >= 0.3 is 0 Å². The SMILES string of the molecule is CCCN1CCN(C(=O)C2CC(c3ccc(Br)cc3)NN2)CC1. The lowest BCUT2D eigenvalue weighted by atomic mass is 10.0. The molecule has 0 bridgehead atoms. The van der Waals surface area contributed by atoms with Crippen LogP contribution in [-0.4, -0.2) is 54.5 Å². The summed E-state index contributed by atoms with van der Waals surface area (Å²) in [7, 11) is 0. The standard InChI is InChI=1S/C17H25BrN4O/c1-2-7-21-8-10-22(11-9-21)17(23)16-12-15(19-20-16)13-3-5-14(18)6-4-13/h3-6,15-16,19-20H,2,7-12H2,1H3. The van der Waals surface area contributed by atoms with Gasteiger partial charge in [-0.05, 0) is 37.1 Å². The van der Waals surface area contributed by atoms with Gasteiger partial charge in [-0.2, -0.15) is 0 Å². The van der Waals surface area contributed by atoms with Crippen LogP contribution in [0.1, 0.15) is 31.4 Å². The zero-order valence-corrected chi connectivity index (χ0v) is 15.2. The number of rotatable bonds is 4. The molecule has 0 spiro atoms. The van der Waals surface area contributed by atoms with Gasteiger partial charge in [0.25, 0.3) is 0 Å². The third kappa shape index (κ3) is 4.12. The topological polar surface area (TPSA) is 47.6 Å². The number of nitrogens with one attached hydrogen (secondary N) is 2. The lowest BCUT2D eigenvalue weighted by molar-refractivity contribution is -0.134. The molecule has 2 aliphatic heterocycles. The van der Waals surface area contributed by atoms with Crippen molar-refractivity contribution in [2.45, 2.75) is 31.8 Å². The Morgan fingerprint density at radius 1 is 1.17 bits per heavy atom. The fraction of sp³-hybridized carbons (Fsp3) is 0.588. The molecule has 2 fully saturated rings. The Kier molecular flexibility index (Phi) is 5.69. The maximum Gasteiger partial charge on any atom is 0.241 e. The second-order valence-corrected chi connectivity index (χ2v) is 7.26. The molecule has 0 aromatic heterocycles. The average Bonchev–Trinajstić information content (AvgIpc) is 3.06. The average molecular weight is 381 g/mol. The Bertz CT molecular complexity index is 528. The zero-order chi connectivity index (χ0) is 16.2. The number of benzene rings is 1. The van der Waals surface area contributed by atoms with Crippen molar-refractivity contribution in [1.29, 1.82) is 0 Å². The maximum atomic E-state index is 12.7. The van der Waals surface area contributed by atoms with E-state index in [1.54, 1.807) is 0 Å². The minimum Gasteiger partial charge on any atom is -0.339 e. The van der Waals surface area contributed by atoms with Gasteiger partial charge in [-0.3, -0.25) is 9.69 Å². The molecule has 2 heterocycles. The van der Waals surface area contributed by atoms with E-state index >= 15 is 0 Å². The number of carbonyl (C=O) groups is 1. The molecule has 2 aliphatic rings. The summed E-state index contributed by atoms with van der Waals surface area (Å²) in [6, 6.07) is 8.34. The van der Waals surface area contributed by atoms with Crippen molar-refractivity contribution in [2.75, 3.05) is 32.7 Å². The second-order valence-electron chi connectivity index (χ2n) is 6.35. The fourth-order valence-corrected chi connectivity index (χ4v) is 3.62. The highest BCUT2D eigenvalue weighted by Crippen LogP contribution is 2.24. The van der Waals surface area contributed by atoms with Gasteiger partial charge in [0.1, 0.15) is 6.04 Å². The number of nitrogens with zero attached hydrogens (tertiary/aromatic N) is 2. The number of amides is 1. The highest BCUT2D eigenvalue weighted by atomic mass is 79.9. The van der Waals surface area contributed by atoms with Crippen molar-refractivity contribution in [3.8, 4) is 0 Å². The third-order valence-corrected chi connectivity index (χ3v) is 5.23. The van der Waals surface area contributed by atoms with Crippen molar-refractivity contribution in [3.63, 3.8) is 0 Å². The number of hydrogen-bond donors (Lipinski definition) is 2. The Morgan fingerprint density at radius 2 is 1.87 bits per heavy atom. The van der Waals surface area contributed by atoms with Crippen molar-refractivity contribution < 1.29 is 4.79 Å². The van der Waals surface area contributed by atoms with Gasteiger partial charge in [0.05, 0.1) is 0 Å². The van der Waals surface area contributed by atoms with E-state index in [2.05, 4.69) is 50.7 Å². The van der Waals surface area contributed by atoms with Crippen LogP contribution in [0.2, 0.25) is 0 Å². The van der Waals surface area contributed by atoms with Gasteiger partial charge in [0.15, 0.2) is 0 Å². The summed E-state index contributed by atoms with van der Waals surface area (Å²) in [5.41, 5.74) is 7.67. The van der Waals surface area contributed by atoms with Crippen molar-refractivity contribution in [3.05, 3.63) is 34.3 Å². The van der Waals surface area contributed by atoms with Crippen LogP contribution < -0.4 is 10.9 Å². The van der Waals surface area contributed by atoms with Crippen LogP contribution in [0.5, 0.6) is 0 Å². The molecule has 1 amide bonds. The Balaban J connectivity index is 1.52. The monoisotopic (exact) mass is 380 g/mol. The van der Waals surface area contributed by atoms with Crippen molar-refractivity contribution >= 4 is 21.8 Å². The van der Waals surface area contributed by atoms with Gasteiger partial charge in [0.2, 0.25) is 5.91 Å². The van der Waals surface area contributed by atoms with E-state index < -0.39 is 0 Å². The smallest absolute Gasteiger partial charge is 0.241 e. The summed E-state index contributed by atoms with van der Waals surface area (Å²) in [5, 5.41) is 0. The molecular formula is C17H25BrN4O. The molecular weight excluding hydrogens is 356 g/mol. The molecule has 2 atom stereocenters. The third-order valence-electron chi connectivity index (χ3n) is 4.70. The van der Waals surface area contributed by atoms with Crippen LogP contribution in [0.4, 0.5) is 0 Å². The van der Waals surface area contributed by atoms with Crippen LogP contribution in [-0.2, 0) is 4.79 Å². The minimum absolute atomic E-state index is 0.124. The number of piperazine rings is 1. The van der Waals surface area contributed by atoms with Crippen LogP contribution >= 0.6 is 15.9 Å². The quantitative estimate of drug-likeness (QED) is 0.837. The van der Waals surface area contributed by atoms with Gasteiger partial charge in [-0.1, -0.05) is 35.0 Å². The summed E-state index contributed by atoms with van der Waals surface area (Å²) in [6.07, 6.45) is 1.98. The summed E-state index contributed by atoms with van der Waals surface area (Å²) < 4.78 is 1.07. The number of halogens is 1. The van der Waals surface area contributed by atoms with E-state index in [0.717, 1.165) is 43.6 Å². The van der Waals surface area contributed by atoms with E-state index in [4.69, 9.17) is 0 Å². The number of carbonyl (C=O) groups excluding carboxylic acids is 1. The predicted molar refractivity (Wildman–Crippen MR) is 94.9 cm³/mol. The first-order chi connectivity index (χ1) is 11.2. The normalized spacial score (nSPS) is 25.7. The number of hydrazine groups is 1. The fourth-order valence-electron chi connectivity index (χ4n) is 3.36. The Morgan fingerprint density at radius 3 is 2.52 bits per heavy atom. The van der Waals surface area contributed by atoms with E-state index in [1.165, 1.54) is 12.0 Å². The molecule has 126 valence electrons. The maximum absolute atomic E-state index is 12.7. The zero-order valence-electron chi connectivity index (χ0n) is 13.6. The second kappa shape index (κ2) is 7.75. The predicted octanol–water partition coefficient (Wildman–Crippen LogP) is 1.91. The van der Waals surface area contributed by atoms with Crippen LogP contribution in [0.15, 0.2) is 28.7 Å². The molecule has 0 radical (unpaired) electrons. The van der Waals surface area contributed by atoms with Crippen molar-refractivity contribution in [1.82, 2.24) is 20.7 Å². The lowest BCUT2D eigenvalue weighted by Crippen LogP contribution is -2.53. The summed E-state index contributed by atoms with van der Waals surface area (Å²) in [6.45, 7) is 7.02. The van der Waals surface area contributed by atoms with E-state index in [1.807, 2.05) is 17.0 Å². The van der Waals surface area contributed by atoms with Crippen molar-refractivity contribution in [2.24, 2.45) is 0 Å². The molecule has 3 rings (SSSR count). The van der Waals surface area contributed by atoms with Crippen LogP contribution in [0, 0.1) is 0 Å². The molecule has 5 nitrogen and oxygen atoms in total. The summed E-state index contributed by atoms with van der Waals surface area (Å²) >= 11 is 3.46. The van der Waals surface area contributed by atoms with Gasteiger partial charge < -0.3 is 4.90 Å². The molecule has 2 N–H and O–H groups in total. The molecule has 6 heteroatoms. The highest BCUT2D eigenvalue weighted by molar-refractivity contribution is 9.10. The first-order valence-electron chi connectivity index (χ1n) is 8.45. The molecule has 0 aliphatic carbocycles. The molecule has 0 saturated carbocycles. The lowest BCUT2D eigenvalue weighted by Gasteiger charge is -2.35. The molecule has 23 heavy (non-hydrogen) atoms. The summed E-state index contributed by atoms with van der Waals surface area (Å²) in [4.78, 5) is 17.1. The molecule has 1 aromatic rings. The summed E-state index contributed by atoms with van der Waals surface area (Å²) in [5.74, 6) is 0.230. The highest BCUT2D eigenvalue weighted by Gasteiger charge is 2.33. The largest absolute Gasteiger partial charge is 0.339 e. The van der Waals surface area contributed by atoms with E-state index in [9.17, 15) is 4.79 Å². The van der Waals surface area contributed by atoms with Gasteiger partial charge in [-0.25, -0.2) is 10.9 Å². The van der Waals surface area contributed by atoms with Gasteiger partial charge in [0, 0.05) is 36.7 Å². The van der Waals surface area contributed by atoms with Crippen LogP contribution in [0.25, 0.3) is 0 Å². The van der Waals surface area contributed by atoms with E-state index in [0.29, 0.717) is 0 Å². The van der Waals surface area contributed by atoms with Gasteiger partial charge in [-0.15, -0.1) is 0 Å². The molecule has 1 aromatic carbocycles. The molecule has 2 saturated heterocycles. The van der Waals surface area contributed by atoms with Crippen LogP contribution in [0.3, 0.4) is 0 Å². The van der Waals surface area contributed by atoms with E-state index in [-0.39, 0.29) is 18.0 Å².